The lowest BCUT2D eigenvalue weighted by molar-refractivity contribution is 0.0945. The molecule has 1 aromatic rings. The number of hydrogen-bond acceptors (Lipinski definition) is 3. The fourth-order valence-electron chi connectivity index (χ4n) is 2.27. The minimum absolute atomic E-state index is 0. The Morgan fingerprint density at radius 1 is 1.47 bits per heavy atom. The van der Waals surface area contributed by atoms with Crippen molar-refractivity contribution < 1.29 is 9.53 Å². The first-order valence-corrected chi connectivity index (χ1v) is 6.39. The van der Waals surface area contributed by atoms with E-state index in [0.29, 0.717) is 24.8 Å². The predicted molar refractivity (Wildman–Crippen MR) is 77.8 cm³/mol. The van der Waals surface area contributed by atoms with Gasteiger partial charge in [-0.3, -0.25) is 4.79 Å². The molecule has 0 saturated carbocycles. The van der Waals surface area contributed by atoms with Crippen LogP contribution in [0, 0.1) is 0 Å². The highest BCUT2D eigenvalue weighted by Gasteiger charge is 2.16. The molecule has 106 valence electrons. The van der Waals surface area contributed by atoms with Crippen molar-refractivity contribution in [3.63, 3.8) is 0 Å². The minimum Gasteiger partial charge on any atom is -0.380 e. The number of amides is 1. The van der Waals surface area contributed by atoms with Gasteiger partial charge in [-0.05, 0) is 31.0 Å². The van der Waals surface area contributed by atoms with E-state index < -0.39 is 0 Å². The summed E-state index contributed by atoms with van der Waals surface area (Å²) in [6.07, 6.45) is 2.33. The zero-order valence-corrected chi connectivity index (χ0v) is 12.0. The number of nitrogens with one attached hydrogen (secondary N) is 2. The first-order chi connectivity index (χ1) is 8.81. The third-order valence-corrected chi connectivity index (χ3v) is 3.23. The van der Waals surface area contributed by atoms with Gasteiger partial charge in [0.15, 0.2) is 0 Å². The second-order valence-corrected chi connectivity index (χ2v) is 4.59. The summed E-state index contributed by atoms with van der Waals surface area (Å²) >= 11 is 0. The molecule has 2 N–H and O–H groups in total. The van der Waals surface area contributed by atoms with Gasteiger partial charge in [-0.2, -0.15) is 0 Å². The van der Waals surface area contributed by atoms with Crippen molar-refractivity contribution in [3.8, 4) is 0 Å². The van der Waals surface area contributed by atoms with Crippen LogP contribution in [0.4, 0.5) is 0 Å². The summed E-state index contributed by atoms with van der Waals surface area (Å²) in [5, 5.41) is 6.35. The molecule has 1 fully saturated rings. The number of ether oxygens (including phenoxy) is 1. The first kappa shape index (κ1) is 16.0. The topological polar surface area (TPSA) is 50.4 Å². The van der Waals surface area contributed by atoms with Crippen LogP contribution in [0.5, 0.6) is 0 Å². The molecule has 0 aromatic heterocycles. The van der Waals surface area contributed by atoms with Crippen LogP contribution in [-0.4, -0.2) is 32.1 Å². The zero-order chi connectivity index (χ0) is 12.8. The van der Waals surface area contributed by atoms with Crippen molar-refractivity contribution in [3.05, 3.63) is 35.4 Å². The van der Waals surface area contributed by atoms with Crippen molar-refractivity contribution in [2.24, 2.45) is 0 Å². The van der Waals surface area contributed by atoms with Gasteiger partial charge < -0.3 is 15.4 Å². The van der Waals surface area contributed by atoms with Crippen molar-refractivity contribution in [2.75, 3.05) is 20.2 Å². The molecule has 5 heteroatoms. The van der Waals surface area contributed by atoms with Gasteiger partial charge in [0.2, 0.25) is 0 Å². The maximum atomic E-state index is 12.1. The molecule has 0 radical (unpaired) electrons. The molecule has 0 spiro atoms. The monoisotopic (exact) mass is 284 g/mol. The highest BCUT2D eigenvalue weighted by Crippen LogP contribution is 2.10. The Morgan fingerprint density at radius 2 is 2.26 bits per heavy atom. The van der Waals surface area contributed by atoms with E-state index in [4.69, 9.17) is 4.74 Å². The summed E-state index contributed by atoms with van der Waals surface area (Å²) < 4.78 is 5.10. The SMILES string of the molecule is COCc1ccccc1C(=O)NCC1CCCN1.Cl. The van der Waals surface area contributed by atoms with Gasteiger partial charge in [0.1, 0.15) is 0 Å². The second kappa shape index (κ2) is 8.15. The van der Waals surface area contributed by atoms with E-state index in [1.54, 1.807) is 7.11 Å². The third-order valence-electron chi connectivity index (χ3n) is 3.23. The average Bonchev–Trinajstić information content (AvgIpc) is 2.90. The van der Waals surface area contributed by atoms with E-state index in [0.717, 1.165) is 18.5 Å². The second-order valence-electron chi connectivity index (χ2n) is 4.59. The molecule has 1 atom stereocenters. The van der Waals surface area contributed by atoms with Crippen LogP contribution < -0.4 is 10.6 Å². The number of hydrogen-bond donors (Lipinski definition) is 2. The third kappa shape index (κ3) is 4.49. The molecule has 1 aliphatic rings. The Kier molecular flexibility index (Phi) is 6.84. The number of rotatable bonds is 5. The van der Waals surface area contributed by atoms with Crippen molar-refractivity contribution in [1.82, 2.24) is 10.6 Å². The van der Waals surface area contributed by atoms with Crippen LogP contribution in [0.25, 0.3) is 0 Å². The molecule has 4 nitrogen and oxygen atoms in total. The Morgan fingerprint density at radius 3 is 2.95 bits per heavy atom. The van der Waals surface area contributed by atoms with Gasteiger partial charge in [0.25, 0.3) is 5.91 Å². The van der Waals surface area contributed by atoms with Crippen molar-refractivity contribution in [1.29, 1.82) is 0 Å². The maximum absolute atomic E-state index is 12.1. The van der Waals surface area contributed by atoms with Gasteiger partial charge in [-0.1, -0.05) is 18.2 Å². The molecular weight excluding hydrogens is 264 g/mol. The Hall–Kier alpha value is -1.10. The van der Waals surface area contributed by atoms with E-state index in [9.17, 15) is 4.79 Å². The molecular formula is C14H21ClN2O2. The smallest absolute Gasteiger partial charge is 0.251 e. The number of benzene rings is 1. The molecule has 0 aliphatic carbocycles. The molecule has 19 heavy (non-hydrogen) atoms. The fourth-order valence-corrected chi connectivity index (χ4v) is 2.27. The van der Waals surface area contributed by atoms with Crippen molar-refractivity contribution >= 4 is 18.3 Å². The number of carbonyl (C=O) groups is 1. The van der Waals surface area contributed by atoms with E-state index in [1.165, 1.54) is 6.42 Å². The summed E-state index contributed by atoms with van der Waals surface area (Å²) in [6, 6.07) is 7.98. The number of methoxy groups -OCH3 is 1. The van der Waals surface area contributed by atoms with E-state index in [-0.39, 0.29) is 18.3 Å². The molecule has 1 aliphatic heterocycles. The normalized spacial score (nSPS) is 17.8. The molecule has 1 aromatic carbocycles. The molecule has 2 rings (SSSR count). The summed E-state index contributed by atoms with van der Waals surface area (Å²) in [5.41, 5.74) is 1.63. The fraction of sp³-hybridized carbons (Fsp3) is 0.500. The summed E-state index contributed by atoms with van der Waals surface area (Å²) in [4.78, 5) is 12.1. The Bertz CT molecular complexity index is 406. The highest BCUT2D eigenvalue weighted by atomic mass is 35.5. The molecule has 1 saturated heterocycles. The number of carbonyl (C=O) groups excluding carboxylic acids is 1. The quantitative estimate of drug-likeness (QED) is 0.866. The van der Waals surface area contributed by atoms with Gasteiger partial charge in [-0.15, -0.1) is 12.4 Å². The standard InChI is InChI=1S/C14H20N2O2.ClH/c1-18-10-11-5-2-3-7-13(11)14(17)16-9-12-6-4-8-15-12;/h2-3,5,7,12,15H,4,6,8-10H2,1H3,(H,16,17);1H. The van der Waals surface area contributed by atoms with Gasteiger partial charge in [0.05, 0.1) is 6.61 Å². The number of halogens is 1. The molecule has 1 heterocycles. The minimum atomic E-state index is -0.0173. The Balaban J connectivity index is 0.00000180. The van der Waals surface area contributed by atoms with Crippen LogP contribution in [0.2, 0.25) is 0 Å². The largest absolute Gasteiger partial charge is 0.380 e. The van der Waals surface area contributed by atoms with E-state index in [1.807, 2.05) is 24.3 Å². The summed E-state index contributed by atoms with van der Waals surface area (Å²) in [6.45, 7) is 2.21. The van der Waals surface area contributed by atoms with Crippen LogP contribution in [0.1, 0.15) is 28.8 Å². The molecule has 1 amide bonds. The summed E-state index contributed by atoms with van der Waals surface area (Å²) in [7, 11) is 1.64. The highest BCUT2D eigenvalue weighted by molar-refractivity contribution is 5.95. The molecule has 1 unspecified atom stereocenters. The van der Waals surface area contributed by atoms with Gasteiger partial charge >= 0.3 is 0 Å². The van der Waals surface area contributed by atoms with Gasteiger partial charge in [-0.25, -0.2) is 0 Å². The van der Waals surface area contributed by atoms with E-state index in [2.05, 4.69) is 10.6 Å². The van der Waals surface area contributed by atoms with Crippen molar-refractivity contribution in [2.45, 2.75) is 25.5 Å². The Labute approximate surface area is 120 Å². The lowest BCUT2D eigenvalue weighted by Crippen LogP contribution is -2.37. The van der Waals surface area contributed by atoms with Crippen LogP contribution in [0.3, 0.4) is 0 Å². The zero-order valence-electron chi connectivity index (χ0n) is 11.1. The maximum Gasteiger partial charge on any atom is 0.251 e. The van der Waals surface area contributed by atoms with Crippen LogP contribution in [-0.2, 0) is 11.3 Å². The predicted octanol–water partition coefficient (Wildman–Crippen LogP) is 1.74. The first-order valence-electron chi connectivity index (χ1n) is 6.39. The lowest BCUT2D eigenvalue weighted by atomic mass is 10.1. The van der Waals surface area contributed by atoms with Gasteiger partial charge in [0, 0.05) is 25.3 Å². The molecule has 0 bridgehead atoms. The summed E-state index contributed by atoms with van der Waals surface area (Å²) in [5.74, 6) is -0.0173. The average molecular weight is 285 g/mol. The van der Waals surface area contributed by atoms with E-state index >= 15 is 0 Å². The lowest BCUT2D eigenvalue weighted by Gasteiger charge is -2.13. The van der Waals surface area contributed by atoms with Crippen LogP contribution in [0.15, 0.2) is 24.3 Å². The van der Waals surface area contributed by atoms with Crippen LogP contribution >= 0.6 is 12.4 Å².